The zero-order valence-electron chi connectivity index (χ0n) is 19.3. The molecular weight excluding hydrogens is 423 g/mol. The monoisotopic (exact) mass is 452 g/mol. The van der Waals surface area contributed by atoms with Crippen LogP contribution >= 0.6 is 0 Å². The number of nitrogens with zero attached hydrogens (tertiary/aromatic N) is 6. The van der Waals surface area contributed by atoms with Crippen LogP contribution in [0.2, 0.25) is 0 Å². The number of hydrogen-bond donors (Lipinski definition) is 1. The van der Waals surface area contributed by atoms with E-state index in [0.29, 0.717) is 29.9 Å². The Morgan fingerprint density at radius 1 is 1.24 bits per heavy atom. The first kappa shape index (κ1) is 21.8. The summed E-state index contributed by atoms with van der Waals surface area (Å²) in [6.07, 6.45) is 5.46. The quantitative estimate of drug-likeness (QED) is 0.637. The summed E-state index contributed by atoms with van der Waals surface area (Å²) >= 11 is 0. The number of phenols is 1. The number of rotatable bonds is 5. The van der Waals surface area contributed by atoms with Gasteiger partial charge in [0.1, 0.15) is 11.9 Å². The number of ether oxygens (including phenoxy) is 1. The molecule has 3 aromatic rings. The molecule has 2 bridgehead atoms. The molecule has 2 aliphatic heterocycles. The molecule has 0 amide bonds. The van der Waals surface area contributed by atoms with Gasteiger partial charge in [0.2, 0.25) is 0 Å². The molecule has 0 aliphatic carbocycles. The predicted molar refractivity (Wildman–Crippen MR) is 123 cm³/mol. The second-order valence-corrected chi connectivity index (χ2v) is 9.28. The molecule has 0 saturated carbocycles. The van der Waals surface area contributed by atoms with E-state index in [1.807, 2.05) is 48.8 Å². The average Bonchev–Trinajstić information content (AvgIpc) is 3.42. The lowest BCUT2D eigenvalue weighted by Gasteiger charge is -2.48. The summed E-state index contributed by atoms with van der Waals surface area (Å²) in [5, 5.41) is 19.2. The molecule has 0 spiro atoms. The molecule has 1 aromatic carbocycles. The van der Waals surface area contributed by atoms with E-state index in [4.69, 9.17) is 4.74 Å². The summed E-state index contributed by atoms with van der Waals surface area (Å²) in [4.78, 5) is 8.06. The zero-order valence-corrected chi connectivity index (χ0v) is 19.3. The van der Waals surface area contributed by atoms with E-state index >= 15 is 4.39 Å². The van der Waals surface area contributed by atoms with E-state index in [1.165, 1.54) is 0 Å². The van der Waals surface area contributed by atoms with E-state index in [2.05, 4.69) is 20.1 Å². The van der Waals surface area contributed by atoms with Crippen LogP contribution in [0.3, 0.4) is 0 Å². The number of benzene rings is 1. The number of methoxy groups -OCH3 is 1. The first-order valence-corrected chi connectivity index (χ1v) is 11.1. The Balaban J connectivity index is 1.37. The van der Waals surface area contributed by atoms with Gasteiger partial charge in [0.05, 0.1) is 35.4 Å². The van der Waals surface area contributed by atoms with Crippen molar-refractivity contribution in [2.75, 3.05) is 26.1 Å². The first-order valence-electron chi connectivity index (χ1n) is 11.1. The van der Waals surface area contributed by atoms with Crippen LogP contribution in [0.1, 0.15) is 19.8 Å². The number of phenolic OH excluding ortho intramolecular Hbond substituents is 1. The van der Waals surface area contributed by atoms with Crippen LogP contribution in [0, 0.1) is 0 Å². The third kappa shape index (κ3) is 3.46. The van der Waals surface area contributed by atoms with Crippen LogP contribution in [0.4, 0.5) is 10.2 Å². The Bertz CT molecular complexity index is 1120. The number of aromatic nitrogens is 4. The number of fused-ring (bicyclic) bond motifs is 2. The van der Waals surface area contributed by atoms with Crippen molar-refractivity contribution in [2.24, 2.45) is 0 Å². The summed E-state index contributed by atoms with van der Waals surface area (Å²) in [6, 6.07) is 8.82. The molecular formula is C24H29FN6O2. The summed E-state index contributed by atoms with van der Waals surface area (Å²) < 4.78 is 23.2. The van der Waals surface area contributed by atoms with Crippen LogP contribution in [-0.4, -0.2) is 80.9 Å². The van der Waals surface area contributed by atoms with Gasteiger partial charge in [-0.2, -0.15) is 0 Å². The van der Waals surface area contributed by atoms with Crippen molar-refractivity contribution in [1.82, 2.24) is 24.6 Å². The summed E-state index contributed by atoms with van der Waals surface area (Å²) in [6.45, 7) is 1.98. The maximum atomic E-state index is 15.7. The molecule has 5 rings (SSSR count). The lowest BCUT2D eigenvalue weighted by molar-refractivity contribution is -0.00735. The molecule has 2 fully saturated rings. The molecule has 2 aromatic heterocycles. The average molecular weight is 453 g/mol. The SMILES string of the molecule is CO[C@@H]1C[C@@]2(C)[C@@H](F)[C@H](N(C)c3ccc(-c4ccc(-n5ccnc5)cc4O)nn3)C[C@@H]1N2C. The van der Waals surface area contributed by atoms with Crippen molar-refractivity contribution in [3.8, 4) is 22.7 Å². The number of imidazole rings is 1. The molecule has 2 aliphatic rings. The number of alkyl halides is 1. The lowest BCUT2D eigenvalue weighted by Crippen LogP contribution is -2.62. The van der Waals surface area contributed by atoms with Crippen LogP contribution in [0.15, 0.2) is 49.1 Å². The largest absolute Gasteiger partial charge is 0.507 e. The normalized spacial score (nSPS) is 29.4. The van der Waals surface area contributed by atoms with Crippen LogP contribution in [0.25, 0.3) is 16.9 Å². The molecule has 33 heavy (non-hydrogen) atoms. The van der Waals surface area contributed by atoms with Crippen LogP contribution < -0.4 is 4.90 Å². The highest BCUT2D eigenvalue weighted by Gasteiger charge is 2.59. The number of aromatic hydroxyl groups is 1. The van der Waals surface area contributed by atoms with Gasteiger partial charge in [-0.15, -0.1) is 10.2 Å². The predicted octanol–water partition coefficient (Wildman–Crippen LogP) is 3.06. The molecule has 0 radical (unpaired) electrons. The lowest BCUT2D eigenvalue weighted by atomic mass is 9.84. The van der Waals surface area contributed by atoms with Crippen molar-refractivity contribution < 1.29 is 14.2 Å². The smallest absolute Gasteiger partial charge is 0.151 e. The minimum atomic E-state index is -1.05. The van der Waals surface area contributed by atoms with Crippen LogP contribution in [-0.2, 0) is 4.74 Å². The van der Waals surface area contributed by atoms with Crippen molar-refractivity contribution in [3.63, 3.8) is 0 Å². The van der Waals surface area contributed by atoms with E-state index in [-0.39, 0.29) is 23.9 Å². The highest BCUT2D eigenvalue weighted by atomic mass is 19.1. The number of anilines is 1. The van der Waals surface area contributed by atoms with E-state index in [0.717, 1.165) is 5.69 Å². The van der Waals surface area contributed by atoms with Gasteiger partial charge in [0, 0.05) is 44.2 Å². The number of piperidine rings is 1. The molecule has 4 heterocycles. The number of likely N-dealkylation sites (N-methyl/N-ethyl adjacent to an activating group) is 1. The minimum Gasteiger partial charge on any atom is -0.507 e. The van der Waals surface area contributed by atoms with Gasteiger partial charge in [-0.1, -0.05) is 0 Å². The number of hydrogen-bond acceptors (Lipinski definition) is 7. The fourth-order valence-corrected chi connectivity index (χ4v) is 5.44. The molecule has 174 valence electrons. The van der Waals surface area contributed by atoms with Gasteiger partial charge in [-0.05, 0) is 51.1 Å². The van der Waals surface area contributed by atoms with Crippen molar-refractivity contribution >= 4 is 5.82 Å². The molecule has 8 nitrogen and oxygen atoms in total. The second-order valence-electron chi connectivity index (χ2n) is 9.28. The summed E-state index contributed by atoms with van der Waals surface area (Å²) in [5.41, 5.74) is 1.36. The zero-order chi connectivity index (χ0) is 23.3. The number of halogens is 1. The molecule has 5 atom stereocenters. The highest BCUT2D eigenvalue weighted by molar-refractivity contribution is 5.69. The van der Waals surface area contributed by atoms with E-state index < -0.39 is 11.7 Å². The Labute approximate surface area is 192 Å². The second kappa shape index (κ2) is 8.07. The third-order valence-corrected chi connectivity index (χ3v) is 7.63. The molecule has 2 saturated heterocycles. The Kier molecular flexibility index (Phi) is 5.33. The summed E-state index contributed by atoms with van der Waals surface area (Å²) in [5.74, 6) is 0.702. The highest BCUT2D eigenvalue weighted by Crippen LogP contribution is 2.47. The van der Waals surface area contributed by atoms with Gasteiger partial charge in [-0.25, -0.2) is 9.37 Å². The van der Waals surface area contributed by atoms with Gasteiger partial charge < -0.3 is 19.3 Å². The van der Waals surface area contributed by atoms with Crippen molar-refractivity contribution in [1.29, 1.82) is 0 Å². The Morgan fingerprint density at radius 2 is 2.06 bits per heavy atom. The van der Waals surface area contributed by atoms with Gasteiger partial charge >= 0.3 is 0 Å². The third-order valence-electron chi connectivity index (χ3n) is 7.63. The topological polar surface area (TPSA) is 79.5 Å². The van der Waals surface area contributed by atoms with E-state index in [9.17, 15) is 5.11 Å². The van der Waals surface area contributed by atoms with E-state index in [1.54, 1.807) is 37.8 Å². The van der Waals surface area contributed by atoms with Gasteiger partial charge in [0.15, 0.2) is 5.82 Å². The summed E-state index contributed by atoms with van der Waals surface area (Å²) in [7, 11) is 5.57. The van der Waals surface area contributed by atoms with Crippen molar-refractivity contribution in [3.05, 3.63) is 49.1 Å². The Hall–Kier alpha value is -3.04. The maximum Gasteiger partial charge on any atom is 0.151 e. The van der Waals surface area contributed by atoms with Crippen LogP contribution in [0.5, 0.6) is 5.75 Å². The van der Waals surface area contributed by atoms with Gasteiger partial charge in [0.25, 0.3) is 0 Å². The maximum absolute atomic E-state index is 15.7. The molecule has 0 unspecified atom stereocenters. The van der Waals surface area contributed by atoms with Crippen molar-refractivity contribution in [2.45, 2.75) is 49.7 Å². The molecule has 1 N–H and O–H groups in total. The minimum absolute atomic E-state index is 0.0263. The first-order chi connectivity index (χ1) is 15.8. The Morgan fingerprint density at radius 3 is 2.70 bits per heavy atom. The molecule has 9 heteroatoms. The fourth-order valence-electron chi connectivity index (χ4n) is 5.44. The standard InChI is InChI=1S/C24H29FN6O2/c1-24-13-21(33-4)18(30(24)3)12-19(23(24)25)29(2)22-8-7-17(27-28-22)16-6-5-15(11-20(16)32)31-10-9-26-14-31/h5-11,14,18-19,21,23,32H,12-13H2,1-4H3/t18-,19+,21+,23-,24-/m0/s1. The fraction of sp³-hybridized carbons (Fsp3) is 0.458. The van der Waals surface area contributed by atoms with Gasteiger partial charge in [-0.3, -0.25) is 4.90 Å².